The summed E-state index contributed by atoms with van der Waals surface area (Å²) in [5, 5.41) is 3.64. The van der Waals surface area contributed by atoms with E-state index in [1.54, 1.807) is 0 Å². The summed E-state index contributed by atoms with van der Waals surface area (Å²) < 4.78 is 5.55. The molecular formula is C14H20N2O. The summed E-state index contributed by atoms with van der Waals surface area (Å²) in [5.74, 6) is 0. The van der Waals surface area contributed by atoms with E-state index >= 15 is 0 Å². The van der Waals surface area contributed by atoms with Crippen LogP contribution in [-0.2, 0) is 11.3 Å². The van der Waals surface area contributed by atoms with Gasteiger partial charge in [-0.1, -0.05) is 30.3 Å². The number of nitrogens with one attached hydrogen (secondary N) is 1. The van der Waals surface area contributed by atoms with Crippen molar-refractivity contribution in [3.8, 4) is 0 Å². The first-order valence-electron chi connectivity index (χ1n) is 6.45. The van der Waals surface area contributed by atoms with Crippen LogP contribution in [0.1, 0.15) is 12.0 Å². The number of ether oxygens (including phenoxy) is 1. The van der Waals surface area contributed by atoms with Crippen LogP contribution < -0.4 is 5.32 Å². The number of nitrogens with zero attached hydrogens (tertiary/aromatic N) is 1. The lowest BCUT2D eigenvalue weighted by Crippen LogP contribution is -2.60. The molecule has 0 radical (unpaired) electrons. The minimum absolute atomic E-state index is 0.229. The third-order valence-electron chi connectivity index (χ3n) is 3.81. The van der Waals surface area contributed by atoms with Gasteiger partial charge in [-0.15, -0.1) is 0 Å². The Morgan fingerprint density at radius 2 is 2.18 bits per heavy atom. The number of hydrogen-bond acceptors (Lipinski definition) is 3. The normalized spacial score (nSPS) is 29.9. The van der Waals surface area contributed by atoms with Crippen molar-refractivity contribution in [2.24, 2.45) is 0 Å². The molecule has 2 fully saturated rings. The SMILES string of the molecule is c1ccc(CN2CCNC3(CCOC3)C2)cc1. The highest BCUT2D eigenvalue weighted by molar-refractivity contribution is 5.15. The molecule has 1 aromatic carbocycles. The molecule has 2 saturated heterocycles. The maximum absolute atomic E-state index is 5.55. The van der Waals surface area contributed by atoms with Crippen LogP contribution in [0.5, 0.6) is 0 Å². The van der Waals surface area contributed by atoms with Crippen LogP contribution in [-0.4, -0.2) is 43.3 Å². The zero-order valence-corrected chi connectivity index (χ0v) is 10.2. The van der Waals surface area contributed by atoms with Crippen LogP contribution >= 0.6 is 0 Å². The van der Waals surface area contributed by atoms with E-state index in [4.69, 9.17) is 4.74 Å². The van der Waals surface area contributed by atoms with Gasteiger partial charge in [0, 0.05) is 32.8 Å². The predicted octanol–water partition coefficient (Wildman–Crippen LogP) is 1.25. The van der Waals surface area contributed by atoms with Gasteiger partial charge in [0.2, 0.25) is 0 Å². The van der Waals surface area contributed by atoms with Crippen molar-refractivity contribution in [3.05, 3.63) is 35.9 Å². The molecule has 92 valence electrons. The minimum Gasteiger partial charge on any atom is -0.379 e. The number of piperazine rings is 1. The first-order valence-corrected chi connectivity index (χ1v) is 6.45. The minimum atomic E-state index is 0.229. The van der Waals surface area contributed by atoms with E-state index < -0.39 is 0 Å². The molecule has 1 unspecified atom stereocenters. The molecule has 1 N–H and O–H groups in total. The monoisotopic (exact) mass is 232 g/mol. The molecule has 3 rings (SSSR count). The summed E-state index contributed by atoms with van der Waals surface area (Å²) in [4.78, 5) is 2.54. The highest BCUT2D eigenvalue weighted by Crippen LogP contribution is 2.23. The number of rotatable bonds is 2. The Morgan fingerprint density at radius 3 is 2.94 bits per heavy atom. The highest BCUT2D eigenvalue weighted by Gasteiger charge is 2.38. The molecule has 3 nitrogen and oxygen atoms in total. The zero-order valence-electron chi connectivity index (χ0n) is 10.2. The fourth-order valence-corrected chi connectivity index (χ4v) is 2.89. The van der Waals surface area contributed by atoms with Crippen LogP contribution in [0.2, 0.25) is 0 Å². The summed E-state index contributed by atoms with van der Waals surface area (Å²) in [6.07, 6.45) is 1.15. The van der Waals surface area contributed by atoms with E-state index in [1.807, 2.05) is 0 Å². The third kappa shape index (κ3) is 2.51. The molecule has 1 atom stereocenters. The van der Waals surface area contributed by atoms with Gasteiger partial charge >= 0.3 is 0 Å². The Morgan fingerprint density at radius 1 is 1.29 bits per heavy atom. The standard InChI is InChI=1S/C14H20N2O/c1-2-4-13(5-3-1)10-16-8-7-15-14(11-16)6-9-17-12-14/h1-5,15H,6-12H2. The molecule has 0 bridgehead atoms. The van der Waals surface area contributed by atoms with Gasteiger partial charge in [-0.3, -0.25) is 4.90 Å². The first-order chi connectivity index (χ1) is 8.36. The topological polar surface area (TPSA) is 24.5 Å². The van der Waals surface area contributed by atoms with Crippen molar-refractivity contribution in [3.63, 3.8) is 0 Å². The Bertz CT molecular complexity index is 360. The molecule has 0 aliphatic carbocycles. The van der Waals surface area contributed by atoms with Gasteiger partial charge < -0.3 is 10.1 Å². The van der Waals surface area contributed by atoms with Crippen molar-refractivity contribution in [1.82, 2.24) is 10.2 Å². The zero-order chi connectivity index (χ0) is 11.6. The largest absolute Gasteiger partial charge is 0.379 e. The van der Waals surface area contributed by atoms with Crippen molar-refractivity contribution >= 4 is 0 Å². The van der Waals surface area contributed by atoms with Crippen LogP contribution in [0.4, 0.5) is 0 Å². The van der Waals surface area contributed by atoms with Gasteiger partial charge in [-0.05, 0) is 12.0 Å². The van der Waals surface area contributed by atoms with Gasteiger partial charge in [0.1, 0.15) is 0 Å². The first kappa shape index (κ1) is 11.2. The second kappa shape index (κ2) is 4.77. The van der Waals surface area contributed by atoms with Gasteiger partial charge in [0.15, 0.2) is 0 Å². The molecule has 0 saturated carbocycles. The second-order valence-corrected chi connectivity index (χ2v) is 5.21. The van der Waals surface area contributed by atoms with E-state index in [1.165, 1.54) is 5.56 Å². The number of hydrogen-bond donors (Lipinski definition) is 1. The summed E-state index contributed by atoms with van der Waals surface area (Å²) in [6.45, 7) is 6.17. The van der Waals surface area contributed by atoms with E-state index in [2.05, 4.69) is 40.5 Å². The van der Waals surface area contributed by atoms with Crippen LogP contribution in [0.3, 0.4) is 0 Å². The molecule has 1 spiro atoms. The molecule has 3 heteroatoms. The van der Waals surface area contributed by atoms with Crippen molar-refractivity contribution in [1.29, 1.82) is 0 Å². The third-order valence-corrected chi connectivity index (χ3v) is 3.81. The summed E-state index contributed by atoms with van der Waals surface area (Å²) >= 11 is 0. The predicted molar refractivity (Wildman–Crippen MR) is 67.9 cm³/mol. The van der Waals surface area contributed by atoms with E-state index in [0.29, 0.717) is 0 Å². The van der Waals surface area contributed by atoms with Crippen molar-refractivity contribution < 1.29 is 4.74 Å². The average molecular weight is 232 g/mol. The van der Waals surface area contributed by atoms with Crippen LogP contribution in [0, 0.1) is 0 Å². The van der Waals surface area contributed by atoms with Gasteiger partial charge in [0.05, 0.1) is 12.1 Å². The van der Waals surface area contributed by atoms with Crippen LogP contribution in [0.25, 0.3) is 0 Å². The van der Waals surface area contributed by atoms with E-state index in [0.717, 1.165) is 45.8 Å². The fourth-order valence-electron chi connectivity index (χ4n) is 2.89. The van der Waals surface area contributed by atoms with E-state index in [9.17, 15) is 0 Å². The Kier molecular flexibility index (Phi) is 3.14. The maximum Gasteiger partial charge on any atom is 0.0661 e. The summed E-state index contributed by atoms with van der Waals surface area (Å²) in [5.41, 5.74) is 1.64. The lowest BCUT2D eigenvalue weighted by molar-refractivity contribution is 0.101. The van der Waals surface area contributed by atoms with Crippen LogP contribution in [0.15, 0.2) is 30.3 Å². The molecular weight excluding hydrogens is 212 g/mol. The smallest absolute Gasteiger partial charge is 0.0661 e. The lowest BCUT2D eigenvalue weighted by atomic mass is 9.95. The van der Waals surface area contributed by atoms with Gasteiger partial charge in [-0.2, -0.15) is 0 Å². The molecule has 0 aromatic heterocycles. The second-order valence-electron chi connectivity index (χ2n) is 5.21. The molecule has 2 heterocycles. The average Bonchev–Trinajstić information content (AvgIpc) is 2.79. The van der Waals surface area contributed by atoms with Crippen molar-refractivity contribution in [2.45, 2.75) is 18.5 Å². The van der Waals surface area contributed by atoms with E-state index in [-0.39, 0.29) is 5.54 Å². The Balaban J connectivity index is 1.64. The highest BCUT2D eigenvalue weighted by atomic mass is 16.5. The molecule has 1 aromatic rings. The molecule has 17 heavy (non-hydrogen) atoms. The molecule has 2 aliphatic heterocycles. The Hall–Kier alpha value is -0.900. The maximum atomic E-state index is 5.55. The van der Waals surface area contributed by atoms with Crippen molar-refractivity contribution in [2.75, 3.05) is 32.8 Å². The Labute approximate surface area is 103 Å². The van der Waals surface area contributed by atoms with Gasteiger partial charge in [-0.25, -0.2) is 0 Å². The lowest BCUT2D eigenvalue weighted by Gasteiger charge is -2.40. The number of benzene rings is 1. The molecule has 2 aliphatic rings. The summed E-state index contributed by atoms with van der Waals surface area (Å²) in [6, 6.07) is 10.7. The molecule has 0 amide bonds. The summed E-state index contributed by atoms with van der Waals surface area (Å²) in [7, 11) is 0. The fraction of sp³-hybridized carbons (Fsp3) is 0.571. The van der Waals surface area contributed by atoms with Gasteiger partial charge in [0.25, 0.3) is 0 Å². The quantitative estimate of drug-likeness (QED) is 0.830.